The molecule has 2 aromatic carbocycles. The lowest BCUT2D eigenvalue weighted by atomic mass is 10.1. The molecule has 20 heavy (non-hydrogen) atoms. The molecule has 5 heteroatoms. The van der Waals surface area contributed by atoms with Crippen molar-refractivity contribution in [2.45, 2.75) is 6.92 Å². The van der Waals surface area contributed by atoms with E-state index in [0.29, 0.717) is 22.0 Å². The number of carbonyl (C=O) groups excluding carboxylic acids is 1. The van der Waals surface area contributed by atoms with Crippen molar-refractivity contribution in [2.75, 3.05) is 12.4 Å². The average Bonchev–Trinajstić information content (AvgIpc) is 2.44. The molecule has 0 fully saturated rings. The van der Waals surface area contributed by atoms with E-state index in [0.717, 1.165) is 10.0 Å². The molecule has 0 saturated carbocycles. The van der Waals surface area contributed by atoms with E-state index in [9.17, 15) is 4.79 Å². The Labute approximate surface area is 131 Å². The Kier molecular flexibility index (Phi) is 4.68. The number of amides is 1. The third-order valence-corrected chi connectivity index (χ3v) is 4.06. The first-order valence-electron chi connectivity index (χ1n) is 5.92. The summed E-state index contributed by atoms with van der Waals surface area (Å²) < 4.78 is 6.08. The van der Waals surface area contributed by atoms with Crippen molar-refractivity contribution in [3.63, 3.8) is 0 Å². The normalized spacial score (nSPS) is 10.2. The smallest absolute Gasteiger partial charge is 0.255 e. The third-order valence-electron chi connectivity index (χ3n) is 2.84. The number of hydrogen-bond donors (Lipinski definition) is 1. The van der Waals surface area contributed by atoms with Crippen molar-refractivity contribution in [2.24, 2.45) is 0 Å². The zero-order chi connectivity index (χ0) is 14.7. The number of carbonyl (C=O) groups is 1. The highest BCUT2D eigenvalue weighted by Crippen LogP contribution is 2.27. The molecule has 0 atom stereocenters. The molecule has 0 spiro atoms. The minimum Gasteiger partial charge on any atom is -0.497 e. The monoisotopic (exact) mass is 353 g/mol. The quantitative estimate of drug-likeness (QED) is 0.869. The summed E-state index contributed by atoms with van der Waals surface area (Å²) in [5, 5.41) is 3.25. The van der Waals surface area contributed by atoms with E-state index in [2.05, 4.69) is 21.2 Å². The van der Waals surface area contributed by atoms with Crippen molar-refractivity contribution in [1.82, 2.24) is 0 Å². The first-order chi connectivity index (χ1) is 9.51. The molecular formula is C15H13BrClNO2. The van der Waals surface area contributed by atoms with Crippen LogP contribution >= 0.6 is 27.5 Å². The largest absolute Gasteiger partial charge is 0.497 e. The summed E-state index contributed by atoms with van der Waals surface area (Å²) in [5.41, 5.74) is 2.09. The van der Waals surface area contributed by atoms with Crippen molar-refractivity contribution in [3.05, 3.63) is 57.0 Å². The fourth-order valence-electron chi connectivity index (χ4n) is 1.71. The molecular weight excluding hydrogens is 342 g/mol. The van der Waals surface area contributed by atoms with E-state index >= 15 is 0 Å². The fourth-order valence-corrected chi connectivity index (χ4v) is 2.12. The van der Waals surface area contributed by atoms with Gasteiger partial charge >= 0.3 is 0 Å². The highest BCUT2D eigenvalue weighted by atomic mass is 79.9. The zero-order valence-electron chi connectivity index (χ0n) is 11.0. The summed E-state index contributed by atoms with van der Waals surface area (Å²) in [6, 6.07) is 10.5. The first kappa shape index (κ1) is 14.9. The van der Waals surface area contributed by atoms with Crippen LogP contribution in [0.15, 0.2) is 40.9 Å². The maximum Gasteiger partial charge on any atom is 0.255 e. The summed E-state index contributed by atoms with van der Waals surface area (Å²) in [6.07, 6.45) is 0. The SMILES string of the molecule is COc1ccc(Cl)c(NC(=O)c2ccc(Br)c(C)c2)c1. The molecule has 0 aromatic heterocycles. The number of ether oxygens (including phenoxy) is 1. The lowest BCUT2D eigenvalue weighted by Crippen LogP contribution is -2.12. The van der Waals surface area contributed by atoms with Crippen LogP contribution in [-0.4, -0.2) is 13.0 Å². The van der Waals surface area contributed by atoms with Crippen molar-refractivity contribution < 1.29 is 9.53 Å². The number of aryl methyl sites for hydroxylation is 1. The summed E-state index contributed by atoms with van der Waals surface area (Å²) >= 11 is 9.47. The van der Waals surface area contributed by atoms with Gasteiger partial charge in [0.15, 0.2) is 0 Å². The number of rotatable bonds is 3. The molecule has 0 heterocycles. The van der Waals surface area contributed by atoms with E-state index < -0.39 is 0 Å². The zero-order valence-corrected chi connectivity index (χ0v) is 13.4. The summed E-state index contributed by atoms with van der Waals surface area (Å²) in [5.74, 6) is 0.424. The van der Waals surface area contributed by atoms with Gasteiger partial charge in [0.1, 0.15) is 5.75 Å². The number of halogens is 2. The molecule has 104 valence electrons. The molecule has 2 aromatic rings. The molecule has 0 saturated heterocycles. The molecule has 2 rings (SSSR count). The molecule has 3 nitrogen and oxygen atoms in total. The van der Waals surface area contributed by atoms with Crippen molar-refractivity contribution in [3.8, 4) is 5.75 Å². The van der Waals surface area contributed by atoms with E-state index in [4.69, 9.17) is 16.3 Å². The van der Waals surface area contributed by atoms with Gasteiger partial charge in [-0.05, 0) is 42.8 Å². The van der Waals surface area contributed by atoms with E-state index in [-0.39, 0.29) is 5.91 Å². The van der Waals surface area contributed by atoms with Gasteiger partial charge in [-0.15, -0.1) is 0 Å². The van der Waals surface area contributed by atoms with E-state index in [1.807, 2.05) is 19.1 Å². The van der Waals surface area contributed by atoms with Crippen LogP contribution in [0.2, 0.25) is 5.02 Å². The maximum absolute atomic E-state index is 12.2. The van der Waals surface area contributed by atoms with Crippen LogP contribution in [0.1, 0.15) is 15.9 Å². The summed E-state index contributed by atoms with van der Waals surface area (Å²) in [6.45, 7) is 1.93. The Morgan fingerprint density at radius 2 is 2.00 bits per heavy atom. The van der Waals surface area contributed by atoms with Crippen LogP contribution < -0.4 is 10.1 Å². The predicted octanol–water partition coefficient (Wildman–Crippen LogP) is 4.67. The van der Waals surface area contributed by atoms with Gasteiger partial charge in [0.25, 0.3) is 5.91 Å². The molecule has 1 N–H and O–H groups in total. The Morgan fingerprint density at radius 1 is 1.25 bits per heavy atom. The van der Waals surface area contributed by atoms with Crippen LogP contribution in [-0.2, 0) is 0 Å². The molecule has 0 aliphatic heterocycles. The highest BCUT2D eigenvalue weighted by Gasteiger charge is 2.10. The van der Waals surface area contributed by atoms with Gasteiger partial charge in [-0.3, -0.25) is 4.79 Å². The predicted molar refractivity (Wildman–Crippen MR) is 84.8 cm³/mol. The van der Waals surface area contributed by atoms with Gasteiger partial charge in [0, 0.05) is 16.1 Å². The lowest BCUT2D eigenvalue weighted by molar-refractivity contribution is 0.102. The molecule has 0 unspecified atom stereocenters. The van der Waals surface area contributed by atoms with Gasteiger partial charge in [0.05, 0.1) is 17.8 Å². The Balaban J connectivity index is 2.25. The second kappa shape index (κ2) is 6.29. The maximum atomic E-state index is 12.2. The van der Waals surface area contributed by atoms with E-state index in [1.165, 1.54) is 0 Å². The number of hydrogen-bond acceptors (Lipinski definition) is 2. The number of methoxy groups -OCH3 is 1. The Bertz CT molecular complexity index is 658. The van der Waals surface area contributed by atoms with Gasteiger partial charge < -0.3 is 10.1 Å². The second-order valence-electron chi connectivity index (χ2n) is 4.26. The van der Waals surface area contributed by atoms with Gasteiger partial charge in [0.2, 0.25) is 0 Å². The standard InChI is InChI=1S/C15H13BrClNO2/c1-9-7-10(3-5-12(9)16)15(19)18-14-8-11(20-2)4-6-13(14)17/h3-8H,1-2H3,(H,18,19). The topological polar surface area (TPSA) is 38.3 Å². The Hall–Kier alpha value is -1.52. The van der Waals surface area contributed by atoms with Gasteiger partial charge in [-0.1, -0.05) is 27.5 Å². The summed E-state index contributed by atoms with van der Waals surface area (Å²) in [7, 11) is 1.56. The van der Waals surface area contributed by atoms with Gasteiger partial charge in [-0.2, -0.15) is 0 Å². The van der Waals surface area contributed by atoms with Gasteiger partial charge in [-0.25, -0.2) is 0 Å². The van der Waals surface area contributed by atoms with Crippen LogP contribution in [0.4, 0.5) is 5.69 Å². The number of anilines is 1. The van der Waals surface area contributed by atoms with Crippen LogP contribution in [0.3, 0.4) is 0 Å². The molecule has 1 amide bonds. The minimum absolute atomic E-state index is 0.212. The molecule has 0 aliphatic carbocycles. The summed E-state index contributed by atoms with van der Waals surface area (Å²) in [4.78, 5) is 12.2. The molecule has 0 bridgehead atoms. The van der Waals surface area contributed by atoms with Crippen LogP contribution in [0.5, 0.6) is 5.75 Å². The minimum atomic E-state index is -0.212. The first-order valence-corrected chi connectivity index (χ1v) is 7.09. The van der Waals surface area contributed by atoms with Crippen LogP contribution in [0.25, 0.3) is 0 Å². The Morgan fingerprint density at radius 3 is 2.65 bits per heavy atom. The number of nitrogens with one attached hydrogen (secondary N) is 1. The third kappa shape index (κ3) is 3.32. The second-order valence-corrected chi connectivity index (χ2v) is 5.53. The fraction of sp³-hybridized carbons (Fsp3) is 0.133. The highest BCUT2D eigenvalue weighted by molar-refractivity contribution is 9.10. The van der Waals surface area contributed by atoms with Crippen molar-refractivity contribution >= 4 is 39.1 Å². The van der Waals surface area contributed by atoms with Crippen LogP contribution in [0, 0.1) is 6.92 Å². The lowest BCUT2D eigenvalue weighted by Gasteiger charge is -2.10. The average molecular weight is 355 g/mol. The molecule has 0 aliphatic rings. The van der Waals surface area contributed by atoms with E-state index in [1.54, 1.807) is 31.4 Å². The van der Waals surface area contributed by atoms with Crippen molar-refractivity contribution in [1.29, 1.82) is 0 Å². The number of benzene rings is 2. The molecule has 0 radical (unpaired) electrons.